The summed E-state index contributed by atoms with van der Waals surface area (Å²) in [6, 6.07) is 15.5. The molecule has 24 heavy (non-hydrogen) atoms. The Morgan fingerprint density at radius 3 is 2.42 bits per heavy atom. The van der Waals surface area contributed by atoms with Crippen LogP contribution in [0.15, 0.2) is 58.6 Å². The van der Waals surface area contributed by atoms with Gasteiger partial charge in [-0.05, 0) is 59.0 Å². The van der Waals surface area contributed by atoms with Crippen LogP contribution in [0.2, 0.25) is 5.02 Å². The van der Waals surface area contributed by atoms with Gasteiger partial charge in [0.2, 0.25) is 5.16 Å². The Bertz CT molecular complexity index is 778. The summed E-state index contributed by atoms with van der Waals surface area (Å²) in [6.45, 7) is 0. The molecule has 8 heteroatoms. The fourth-order valence-electron chi connectivity index (χ4n) is 1.98. The zero-order valence-electron chi connectivity index (χ0n) is 12.9. The van der Waals surface area contributed by atoms with Crippen LogP contribution in [0.25, 0.3) is 5.69 Å². The van der Waals surface area contributed by atoms with Crippen molar-refractivity contribution in [2.45, 2.75) is 10.1 Å². The standard InChI is InChI=1S/C16H15ClN4OS2/c1-22-14-6-4-13(5-7-14)21-16(18-19-20-21)24-11-10-23-15-8-2-12(17)3-9-15/h2-9H,10-11H2,1H3. The maximum atomic E-state index is 5.89. The normalized spacial score (nSPS) is 10.8. The van der Waals surface area contributed by atoms with E-state index in [9.17, 15) is 0 Å². The number of methoxy groups -OCH3 is 1. The van der Waals surface area contributed by atoms with Gasteiger partial charge < -0.3 is 4.74 Å². The molecule has 5 nitrogen and oxygen atoms in total. The molecule has 0 N–H and O–H groups in total. The lowest BCUT2D eigenvalue weighted by Gasteiger charge is -2.05. The van der Waals surface area contributed by atoms with Crippen molar-refractivity contribution in [1.29, 1.82) is 0 Å². The van der Waals surface area contributed by atoms with Gasteiger partial charge in [-0.3, -0.25) is 0 Å². The van der Waals surface area contributed by atoms with Gasteiger partial charge in [-0.15, -0.1) is 16.9 Å². The number of ether oxygens (including phenoxy) is 1. The first-order valence-electron chi connectivity index (χ1n) is 7.20. The predicted molar refractivity (Wildman–Crippen MR) is 98.6 cm³/mol. The second-order valence-electron chi connectivity index (χ2n) is 4.72. The van der Waals surface area contributed by atoms with Gasteiger partial charge in [0.15, 0.2) is 0 Å². The van der Waals surface area contributed by atoms with E-state index in [2.05, 4.69) is 15.5 Å². The number of hydrogen-bond donors (Lipinski definition) is 0. The Labute approximate surface area is 153 Å². The smallest absolute Gasteiger partial charge is 0.214 e. The van der Waals surface area contributed by atoms with Crippen LogP contribution < -0.4 is 4.74 Å². The average Bonchev–Trinajstić information content (AvgIpc) is 3.09. The molecule has 0 aliphatic carbocycles. The minimum atomic E-state index is 0.757. The molecule has 0 amide bonds. The summed E-state index contributed by atoms with van der Waals surface area (Å²) >= 11 is 9.30. The number of benzene rings is 2. The Hall–Kier alpha value is -1.70. The molecule has 0 fully saturated rings. The number of halogens is 1. The van der Waals surface area contributed by atoms with Crippen molar-refractivity contribution in [3.05, 3.63) is 53.6 Å². The van der Waals surface area contributed by atoms with Gasteiger partial charge in [-0.25, -0.2) is 0 Å². The Morgan fingerprint density at radius 2 is 1.71 bits per heavy atom. The quantitative estimate of drug-likeness (QED) is 0.453. The van der Waals surface area contributed by atoms with Crippen molar-refractivity contribution in [2.24, 2.45) is 0 Å². The van der Waals surface area contributed by atoms with E-state index in [1.54, 1.807) is 35.3 Å². The van der Waals surface area contributed by atoms with Crippen LogP contribution in [0.5, 0.6) is 5.75 Å². The van der Waals surface area contributed by atoms with Crippen LogP contribution >= 0.6 is 35.1 Å². The summed E-state index contributed by atoms with van der Waals surface area (Å²) in [5.74, 6) is 2.67. The zero-order valence-corrected chi connectivity index (χ0v) is 15.3. The molecule has 2 aromatic carbocycles. The number of nitrogens with zero attached hydrogens (tertiary/aromatic N) is 4. The van der Waals surface area contributed by atoms with Crippen molar-refractivity contribution in [3.63, 3.8) is 0 Å². The monoisotopic (exact) mass is 378 g/mol. The van der Waals surface area contributed by atoms with E-state index in [1.165, 1.54) is 4.90 Å². The van der Waals surface area contributed by atoms with Crippen molar-refractivity contribution >= 4 is 35.1 Å². The molecule has 0 bridgehead atoms. The average molecular weight is 379 g/mol. The third kappa shape index (κ3) is 4.43. The van der Waals surface area contributed by atoms with E-state index < -0.39 is 0 Å². The molecule has 0 aliphatic rings. The van der Waals surface area contributed by atoms with E-state index >= 15 is 0 Å². The van der Waals surface area contributed by atoms with Gasteiger partial charge in [0.1, 0.15) is 5.75 Å². The second-order valence-corrected chi connectivity index (χ2v) is 7.39. The summed E-state index contributed by atoms with van der Waals surface area (Å²) in [7, 11) is 1.64. The summed E-state index contributed by atoms with van der Waals surface area (Å²) in [6.07, 6.45) is 0. The minimum absolute atomic E-state index is 0.757. The molecule has 0 atom stereocenters. The van der Waals surface area contributed by atoms with Crippen molar-refractivity contribution < 1.29 is 4.74 Å². The Kier molecular flexibility index (Phi) is 6.01. The van der Waals surface area contributed by atoms with Gasteiger partial charge in [-0.1, -0.05) is 23.4 Å². The highest BCUT2D eigenvalue weighted by molar-refractivity contribution is 8.02. The zero-order chi connectivity index (χ0) is 16.8. The predicted octanol–water partition coefficient (Wildman–Crippen LogP) is 4.21. The van der Waals surface area contributed by atoms with E-state index in [1.807, 2.05) is 48.5 Å². The molecule has 0 aliphatic heterocycles. The van der Waals surface area contributed by atoms with E-state index in [0.29, 0.717) is 0 Å². The maximum Gasteiger partial charge on any atom is 0.214 e. The Morgan fingerprint density at radius 1 is 1.00 bits per heavy atom. The first-order valence-corrected chi connectivity index (χ1v) is 9.55. The molecule has 3 aromatic rings. The molecular weight excluding hydrogens is 364 g/mol. The number of hydrogen-bond acceptors (Lipinski definition) is 6. The molecule has 3 rings (SSSR count). The van der Waals surface area contributed by atoms with Crippen molar-refractivity contribution in [3.8, 4) is 11.4 Å². The third-order valence-corrected chi connectivity index (χ3v) is 5.60. The number of thioether (sulfide) groups is 2. The van der Waals surface area contributed by atoms with Gasteiger partial charge in [0.05, 0.1) is 12.8 Å². The van der Waals surface area contributed by atoms with Crippen LogP contribution in [-0.2, 0) is 0 Å². The van der Waals surface area contributed by atoms with Crippen molar-refractivity contribution in [2.75, 3.05) is 18.6 Å². The van der Waals surface area contributed by atoms with Gasteiger partial charge in [0, 0.05) is 21.4 Å². The van der Waals surface area contributed by atoms with Crippen molar-refractivity contribution in [1.82, 2.24) is 20.2 Å². The lowest BCUT2D eigenvalue weighted by atomic mass is 10.3. The van der Waals surface area contributed by atoms with Crippen LogP contribution in [-0.4, -0.2) is 38.8 Å². The molecule has 0 unspecified atom stereocenters. The van der Waals surface area contributed by atoms with Crippen LogP contribution in [0.1, 0.15) is 0 Å². The van der Waals surface area contributed by atoms with E-state index in [-0.39, 0.29) is 0 Å². The van der Waals surface area contributed by atoms with Crippen LogP contribution in [0, 0.1) is 0 Å². The molecule has 0 radical (unpaired) electrons. The van der Waals surface area contributed by atoms with Crippen LogP contribution in [0.4, 0.5) is 0 Å². The van der Waals surface area contributed by atoms with E-state index in [4.69, 9.17) is 16.3 Å². The third-order valence-electron chi connectivity index (χ3n) is 3.15. The Balaban J connectivity index is 1.56. The summed E-state index contributed by atoms with van der Waals surface area (Å²) in [4.78, 5) is 1.20. The maximum absolute atomic E-state index is 5.89. The molecule has 124 valence electrons. The minimum Gasteiger partial charge on any atom is -0.497 e. The first-order chi connectivity index (χ1) is 11.8. The molecule has 0 spiro atoms. The lowest BCUT2D eigenvalue weighted by molar-refractivity contribution is 0.414. The van der Waals surface area contributed by atoms with Gasteiger partial charge in [-0.2, -0.15) is 4.68 Å². The van der Waals surface area contributed by atoms with Crippen LogP contribution in [0.3, 0.4) is 0 Å². The first kappa shape index (κ1) is 17.1. The van der Waals surface area contributed by atoms with E-state index in [0.717, 1.165) is 33.1 Å². The molecule has 0 saturated carbocycles. The van der Waals surface area contributed by atoms with Gasteiger partial charge in [0.25, 0.3) is 0 Å². The highest BCUT2D eigenvalue weighted by Gasteiger charge is 2.09. The largest absolute Gasteiger partial charge is 0.497 e. The number of aromatic nitrogens is 4. The fourth-order valence-corrected chi connectivity index (χ4v) is 3.88. The highest BCUT2D eigenvalue weighted by Crippen LogP contribution is 2.24. The van der Waals surface area contributed by atoms with Gasteiger partial charge >= 0.3 is 0 Å². The number of rotatable bonds is 7. The molecule has 1 aromatic heterocycles. The topological polar surface area (TPSA) is 52.8 Å². The molecule has 0 saturated heterocycles. The molecule has 1 heterocycles. The summed E-state index contributed by atoms with van der Waals surface area (Å²) in [5, 5.41) is 13.5. The number of tetrazole rings is 1. The summed E-state index contributed by atoms with van der Waals surface area (Å²) in [5.41, 5.74) is 0.911. The SMILES string of the molecule is COc1ccc(-n2nnnc2SCCSc2ccc(Cl)cc2)cc1. The molecular formula is C16H15ClN4OS2. The fraction of sp³-hybridized carbons (Fsp3) is 0.188. The second kappa shape index (κ2) is 8.41. The highest BCUT2D eigenvalue weighted by atomic mass is 35.5. The lowest BCUT2D eigenvalue weighted by Crippen LogP contribution is -1.99. The summed E-state index contributed by atoms with van der Waals surface area (Å²) < 4.78 is 6.90.